The Hall–Kier alpha value is -3.14. The zero-order chi connectivity index (χ0) is 29.3. The van der Waals surface area contributed by atoms with E-state index in [0.717, 1.165) is 35.0 Å². The summed E-state index contributed by atoms with van der Waals surface area (Å²) < 4.78 is 40.3. The molecule has 0 spiro atoms. The zero-order valence-electron chi connectivity index (χ0n) is 22.3. The fraction of sp³-hybridized carbons (Fsp3) is 0.310. The van der Waals surface area contributed by atoms with Crippen LogP contribution in [0.25, 0.3) is 0 Å². The number of sulfonamides is 1. The smallest absolute Gasteiger partial charge is 0.244 e. The highest BCUT2D eigenvalue weighted by molar-refractivity contribution is 7.92. The predicted octanol–water partition coefficient (Wildman–Crippen LogP) is 5.45. The molecule has 0 saturated heterocycles. The molecule has 0 aliphatic rings. The normalized spacial score (nSPS) is 12.0. The Balaban J connectivity index is 2.06. The molecule has 40 heavy (non-hydrogen) atoms. The van der Waals surface area contributed by atoms with Gasteiger partial charge in [0.05, 0.1) is 11.9 Å². The number of carbonyl (C=O) groups excluding carboxylic acids is 2. The number of unbranched alkanes of at least 4 members (excludes halogenated alkanes) is 1. The Morgan fingerprint density at radius 2 is 1.73 bits per heavy atom. The van der Waals surface area contributed by atoms with Crippen molar-refractivity contribution in [1.82, 2.24) is 10.2 Å². The molecule has 0 radical (unpaired) electrons. The number of anilines is 1. The molecule has 1 atom stereocenters. The van der Waals surface area contributed by atoms with Crippen LogP contribution in [0, 0.1) is 5.82 Å². The van der Waals surface area contributed by atoms with Crippen LogP contribution in [-0.2, 0) is 32.6 Å². The summed E-state index contributed by atoms with van der Waals surface area (Å²) in [5.41, 5.74) is 1.33. The highest BCUT2D eigenvalue weighted by Crippen LogP contribution is 2.25. The highest BCUT2D eigenvalue weighted by atomic mass is 35.5. The monoisotopic (exact) mass is 607 g/mol. The van der Waals surface area contributed by atoms with Gasteiger partial charge in [-0.25, -0.2) is 12.8 Å². The number of carbonyl (C=O) groups is 2. The fourth-order valence-corrected chi connectivity index (χ4v) is 5.45. The molecule has 3 rings (SSSR count). The van der Waals surface area contributed by atoms with Crippen molar-refractivity contribution in [3.63, 3.8) is 0 Å². The Morgan fingerprint density at radius 3 is 2.35 bits per heavy atom. The Kier molecular flexibility index (Phi) is 11.4. The summed E-state index contributed by atoms with van der Waals surface area (Å²) in [5, 5.41) is 3.60. The molecule has 0 aromatic heterocycles. The van der Waals surface area contributed by atoms with E-state index in [-0.39, 0.29) is 24.6 Å². The first-order chi connectivity index (χ1) is 19.0. The van der Waals surface area contributed by atoms with E-state index in [9.17, 15) is 22.4 Å². The van der Waals surface area contributed by atoms with Crippen LogP contribution in [0.15, 0.2) is 72.8 Å². The molecule has 0 unspecified atom stereocenters. The molecule has 3 aromatic carbocycles. The second-order valence-electron chi connectivity index (χ2n) is 9.36. The lowest BCUT2D eigenvalue weighted by Crippen LogP contribution is -2.53. The second-order valence-corrected chi connectivity index (χ2v) is 12.1. The van der Waals surface area contributed by atoms with Crippen LogP contribution >= 0.6 is 23.2 Å². The molecule has 3 aromatic rings. The van der Waals surface area contributed by atoms with Crippen molar-refractivity contribution < 1.29 is 22.4 Å². The van der Waals surface area contributed by atoms with E-state index in [4.69, 9.17) is 23.2 Å². The summed E-state index contributed by atoms with van der Waals surface area (Å²) in [6.45, 7) is 1.68. The van der Waals surface area contributed by atoms with E-state index in [1.54, 1.807) is 12.1 Å². The van der Waals surface area contributed by atoms with Crippen molar-refractivity contribution in [2.45, 2.75) is 38.8 Å². The van der Waals surface area contributed by atoms with Gasteiger partial charge in [0.15, 0.2) is 0 Å². The number of halogens is 3. The first-order valence-electron chi connectivity index (χ1n) is 12.8. The quantitative estimate of drug-likeness (QED) is 0.262. The average Bonchev–Trinajstić information content (AvgIpc) is 2.90. The van der Waals surface area contributed by atoms with Crippen molar-refractivity contribution in [2.75, 3.05) is 23.7 Å². The highest BCUT2D eigenvalue weighted by Gasteiger charge is 2.33. The van der Waals surface area contributed by atoms with E-state index >= 15 is 0 Å². The van der Waals surface area contributed by atoms with Crippen molar-refractivity contribution in [1.29, 1.82) is 0 Å². The number of hydrogen-bond acceptors (Lipinski definition) is 4. The number of nitrogens with zero attached hydrogens (tertiary/aromatic N) is 2. The third-order valence-corrected chi connectivity index (χ3v) is 7.96. The molecule has 0 bridgehead atoms. The summed E-state index contributed by atoms with van der Waals surface area (Å²) in [5.74, 6) is -1.69. The SMILES string of the molecule is CCCCNC(=O)[C@@H](Cc1ccccc1)N(Cc1ccc(Cl)cc1Cl)C(=O)CN(c1cccc(F)c1)S(C)(=O)=O. The minimum Gasteiger partial charge on any atom is -0.354 e. The maximum atomic E-state index is 14.0. The van der Waals surface area contributed by atoms with Gasteiger partial charge in [0.2, 0.25) is 21.8 Å². The molecule has 0 aliphatic carbocycles. The standard InChI is InChI=1S/C29H32Cl2FN3O4S/c1-3-4-15-33-29(37)27(16-21-9-6-5-7-10-21)34(19-22-13-14-23(30)17-26(22)31)28(36)20-35(40(2,38)39)25-12-8-11-24(32)18-25/h5-14,17-18,27H,3-4,15-16,19-20H2,1-2H3,(H,33,37)/t27-/m1/s1. The summed E-state index contributed by atoms with van der Waals surface area (Å²) in [6.07, 6.45) is 2.73. The lowest BCUT2D eigenvalue weighted by Gasteiger charge is -2.33. The van der Waals surface area contributed by atoms with E-state index in [2.05, 4.69) is 5.32 Å². The third-order valence-electron chi connectivity index (χ3n) is 6.23. The molecule has 7 nitrogen and oxygen atoms in total. The van der Waals surface area contributed by atoms with E-state index in [1.165, 1.54) is 29.2 Å². The Bertz CT molecular complexity index is 1420. The molecule has 214 valence electrons. The third kappa shape index (κ3) is 8.94. The summed E-state index contributed by atoms with van der Waals surface area (Å²) >= 11 is 12.5. The van der Waals surface area contributed by atoms with Crippen molar-refractivity contribution in [3.05, 3.63) is 99.8 Å². The topological polar surface area (TPSA) is 86.8 Å². The van der Waals surface area contributed by atoms with Crippen LogP contribution in [0.5, 0.6) is 0 Å². The zero-order valence-corrected chi connectivity index (χ0v) is 24.6. The maximum absolute atomic E-state index is 14.0. The first-order valence-corrected chi connectivity index (χ1v) is 15.4. The molecule has 1 N–H and O–H groups in total. The van der Waals surface area contributed by atoms with Crippen LogP contribution in [0.3, 0.4) is 0 Å². The second kappa shape index (κ2) is 14.5. The van der Waals surface area contributed by atoms with Crippen molar-refractivity contribution in [3.8, 4) is 0 Å². The average molecular weight is 609 g/mol. The number of hydrogen-bond donors (Lipinski definition) is 1. The molecule has 0 heterocycles. The molecule has 11 heteroatoms. The van der Waals surface area contributed by atoms with E-state index in [1.807, 2.05) is 37.3 Å². The van der Waals surface area contributed by atoms with Crippen LogP contribution in [0.2, 0.25) is 10.0 Å². The molecule has 2 amide bonds. The van der Waals surface area contributed by atoms with Gasteiger partial charge in [-0.3, -0.25) is 13.9 Å². The van der Waals surface area contributed by atoms with Gasteiger partial charge in [-0.1, -0.05) is 79.0 Å². The van der Waals surface area contributed by atoms with E-state index in [0.29, 0.717) is 22.2 Å². The predicted molar refractivity (Wildman–Crippen MR) is 157 cm³/mol. The minimum absolute atomic E-state index is 0.00710. The number of benzene rings is 3. The van der Waals surface area contributed by atoms with Gasteiger partial charge in [0, 0.05) is 29.6 Å². The summed E-state index contributed by atoms with van der Waals surface area (Å²) in [7, 11) is -4.00. The number of nitrogens with one attached hydrogen (secondary N) is 1. The van der Waals surface area contributed by atoms with Gasteiger partial charge in [-0.15, -0.1) is 0 Å². The van der Waals surface area contributed by atoms with Gasteiger partial charge in [0.25, 0.3) is 0 Å². The Labute approximate surface area is 244 Å². The maximum Gasteiger partial charge on any atom is 0.244 e. The van der Waals surface area contributed by atoms with Crippen molar-refractivity contribution in [2.24, 2.45) is 0 Å². The first kappa shape index (κ1) is 31.4. The minimum atomic E-state index is -4.00. The Morgan fingerprint density at radius 1 is 1.00 bits per heavy atom. The summed E-state index contributed by atoms with van der Waals surface area (Å²) in [4.78, 5) is 28.9. The van der Waals surface area contributed by atoms with Gasteiger partial charge in [-0.2, -0.15) is 0 Å². The van der Waals surface area contributed by atoms with Crippen LogP contribution < -0.4 is 9.62 Å². The number of amides is 2. The molecule has 0 fully saturated rings. The van der Waals surface area contributed by atoms with Crippen LogP contribution in [-0.4, -0.2) is 50.5 Å². The molecule has 0 aliphatic heterocycles. The van der Waals surface area contributed by atoms with E-state index < -0.39 is 34.3 Å². The van der Waals surface area contributed by atoms with Gasteiger partial charge >= 0.3 is 0 Å². The summed E-state index contributed by atoms with van der Waals surface area (Å²) in [6, 6.07) is 18.0. The van der Waals surface area contributed by atoms with Gasteiger partial charge in [-0.05, 0) is 47.9 Å². The fourth-order valence-electron chi connectivity index (χ4n) is 4.14. The van der Waals surface area contributed by atoms with Crippen LogP contribution in [0.4, 0.5) is 10.1 Å². The molecule has 0 saturated carbocycles. The molecular weight excluding hydrogens is 576 g/mol. The lowest BCUT2D eigenvalue weighted by molar-refractivity contribution is -0.140. The van der Waals surface area contributed by atoms with Crippen LogP contribution in [0.1, 0.15) is 30.9 Å². The number of rotatable bonds is 13. The largest absolute Gasteiger partial charge is 0.354 e. The molecular formula is C29H32Cl2FN3O4S. The van der Waals surface area contributed by atoms with Gasteiger partial charge in [0.1, 0.15) is 18.4 Å². The lowest BCUT2D eigenvalue weighted by atomic mass is 10.0. The van der Waals surface area contributed by atoms with Crippen molar-refractivity contribution >= 4 is 50.7 Å². The van der Waals surface area contributed by atoms with Gasteiger partial charge < -0.3 is 10.2 Å².